The first-order chi connectivity index (χ1) is 7.75. The average Bonchev–Trinajstić information content (AvgIpc) is 2.56. The van der Waals surface area contributed by atoms with Gasteiger partial charge in [0.05, 0.1) is 17.8 Å². The van der Waals surface area contributed by atoms with E-state index in [2.05, 4.69) is 9.69 Å². The van der Waals surface area contributed by atoms with Crippen LogP contribution in [0.4, 0.5) is 22.6 Å². The Bertz CT molecular complexity index is 419. The molecule has 0 aliphatic carbocycles. The molecular formula is C9H10F4N2OS. The molecular weight excluding hydrogens is 260 g/mol. The Labute approximate surface area is 99.0 Å². The van der Waals surface area contributed by atoms with E-state index in [1.807, 2.05) is 0 Å². The minimum atomic E-state index is -4.13. The van der Waals surface area contributed by atoms with E-state index in [9.17, 15) is 22.4 Å². The average molecular weight is 270 g/mol. The molecule has 3 nitrogen and oxygen atoms in total. The lowest BCUT2D eigenvalue weighted by atomic mass is 10.2. The van der Waals surface area contributed by atoms with Crippen LogP contribution in [0.1, 0.15) is 23.0 Å². The first kappa shape index (κ1) is 13.9. The summed E-state index contributed by atoms with van der Waals surface area (Å²) in [6, 6.07) is 0. The second-order valence-electron chi connectivity index (χ2n) is 3.44. The Hall–Kier alpha value is -1.18. The van der Waals surface area contributed by atoms with E-state index in [0.717, 1.165) is 11.5 Å². The normalized spacial score (nSPS) is 11.9. The Morgan fingerprint density at radius 2 is 2.12 bits per heavy atom. The quantitative estimate of drug-likeness (QED) is 0.660. The molecule has 0 unspecified atom stereocenters. The summed E-state index contributed by atoms with van der Waals surface area (Å²) in [6.45, 7) is 1.57. The van der Waals surface area contributed by atoms with Gasteiger partial charge in [-0.05, 0) is 25.4 Å². The zero-order chi connectivity index (χ0) is 13.2. The van der Waals surface area contributed by atoms with Gasteiger partial charge >= 0.3 is 12.3 Å². The SMILES string of the molecule is CC(=O)c1c(C)nsc1NCC(F)(F)C(F)F. The molecule has 0 saturated heterocycles. The highest BCUT2D eigenvalue weighted by molar-refractivity contribution is 7.10. The molecule has 0 amide bonds. The van der Waals surface area contributed by atoms with Gasteiger partial charge in [0.15, 0.2) is 5.78 Å². The molecule has 0 aliphatic rings. The summed E-state index contributed by atoms with van der Waals surface area (Å²) in [4.78, 5) is 11.2. The number of nitrogens with zero attached hydrogens (tertiary/aromatic N) is 1. The third-order valence-electron chi connectivity index (χ3n) is 2.02. The van der Waals surface area contributed by atoms with Crippen molar-refractivity contribution in [2.24, 2.45) is 0 Å². The van der Waals surface area contributed by atoms with Crippen molar-refractivity contribution in [2.45, 2.75) is 26.2 Å². The largest absolute Gasteiger partial charge is 0.369 e. The number of nitrogens with one attached hydrogen (secondary N) is 1. The molecule has 1 aromatic rings. The van der Waals surface area contributed by atoms with Crippen molar-refractivity contribution in [3.8, 4) is 0 Å². The van der Waals surface area contributed by atoms with Crippen LogP contribution in [0.3, 0.4) is 0 Å². The fourth-order valence-corrected chi connectivity index (χ4v) is 2.02. The van der Waals surface area contributed by atoms with Crippen molar-refractivity contribution in [2.75, 3.05) is 11.9 Å². The maximum Gasteiger partial charge on any atom is 0.324 e. The number of anilines is 1. The number of carbonyl (C=O) groups excluding carboxylic acids is 1. The Balaban J connectivity index is 2.80. The van der Waals surface area contributed by atoms with Gasteiger partial charge in [0.2, 0.25) is 0 Å². The molecule has 17 heavy (non-hydrogen) atoms. The van der Waals surface area contributed by atoms with Gasteiger partial charge in [0.1, 0.15) is 5.00 Å². The van der Waals surface area contributed by atoms with Gasteiger partial charge in [0, 0.05) is 0 Å². The first-order valence-corrected chi connectivity index (χ1v) is 5.40. The number of ketones is 1. The number of rotatable bonds is 5. The number of hydrogen-bond acceptors (Lipinski definition) is 4. The second kappa shape index (κ2) is 4.99. The van der Waals surface area contributed by atoms with Gasteiger partial charge < -0.3 is 5.32 Å². The number of aryl methyl sites for hydroxylation is 1. The summed E-state index contributed by atoms with van der Waals surface area (Å²) in [5.41, 5.74) is 0.561. The number of hydrogen-bond donors (Lipinski definition) is 1. The molecule has 1 aromatic heterocycles. The molecule has 1 N–H and O–H groups in total. The molecule has 0 bridgehead atoms. The van der Waals surface area contributed by atoms with E-state index in [0.29, 0.717) is 5.69 Å². The molecule has 0 atom stereocenters. The number of Topliss-reactive ketones (excluding diaryl/α,β-unsaturated/α-hetero) is 1. The predicted molar refractivity (Wildman–Crippen MR) is 56.3 cm³/mol. The van der Waals surface area contributed by atoms with Crippen molar-refractivity contribution in [1.29, 1.82) is 0 Å². The minimum absolute atomic E-state index is 0.0929. The predicted octanol–water partition coefficient (Wildman–Crippen LogP) is 2.97. The summed E-state index contributed by atoms with van der Waals surface area (Å²) >= 11 is 0.797. The van der Waals surface area contributed by atoms with Crippen LogP contribution < -0.4 is 5.32 Å². The number of carbonyl (C=O) groups is 1. The fraction of sp³-hybridized carbons (Fsp3) is 0.556. The fourth-order valence-electron chi connectivity index (χ4n) is 1.18. The summed E-state index contributed by atoms with van der Waals surface area (Å²) in [6.07, 6.45) is -3.75. The van der Waals surface area contributed by atoms with E-state index in [1.54, 1.807) is 6.92 Å². The third kappa shape index (κ3) is 3.15. The lowest BCUT2D eigenvalue weighted by Crippen LogP contribution is -2.34. The van der Waals surface area contributed by atoms with Crippen LogP contribution in [-0.4, -0.2) is 29.0 Å². The first-order valence-electron chi connectivity index (χ1n) is 4.62. The number of halogens is 4. The van der Waals surface area contributed by atoms with Gasteiger partial charge in [-0.1, -0.05) is 0 Å². The standard InChI is InChI=1S/C9H10F4N2OS/c1-4-6(5(2)16)7(17-15-4)14-3-9(12,13)8(10)11/h8,14H,3H2,1-2H3. The van der Waals surface area contributed by atoms with E-state index in [1.165, 1.54) is 6.92 Å². The molecule has 0 radical (unpaired) electrons. The van der Waals surface area contributed by atoms with Crippen molar-refractivity contribution in [3.05, 3.63) is 11.3 Å². The molecule has 0 spiro atoms. The molecule has 0 aliphatic heterocycles. The maximum absolute atomic E-state index is 12.7. The maximum atomic E-state index is 12.7. The van der Waals surface area contributed by atoms with Crippen LogP contribution in [0, 0.1) is 6.92 Å². The number of alkyl halides is 4. The van der Waals surface area contributed by atoms with Crippen LogP contribution >= 0.6 is 11.5 Å². The topological polar surface area (TPSA) is 42.0 Å². The molecule has 1 rings (SSSR count). The molecule has 1 heterocycles. The molecule has 0 aromatic carbocycles. The van der Waals surface area contributed by atoms with Crippen LogP contribution in [0.15, 0.2) is 0 Å². The van der Waals surface area contributed by atoms with Crippen molar-refractivity contribution in [1.82, 2.24) is 4.37 Å². The minimum Gasteiger partial charge on any atom is -0.369 e. The smallest absolute Gasteiger partial charge is 0.324 e. The lowest BCUT2D eigenvalue weighted by Gasteiger charge is -2.15. The molecule has 96 valence electrons. The summed E-state index contributed by atoms with van der Waals surface area (Å²) < 4.78 is 52.9. The highest BCUT2D eigenvalue weighted by atomic mass is 32.1. The summed E-state index contributed by atoms with van der Waals surface area (Å²) in [5.74, 6) is -4.48. The summed E-state index contributed by atoms with van der Waals surface area (Å²) in [5, 5.41) is 2.24. The van der Waals surface area contributed by atoms with E-state index in [4.69, 9.17) is 0 Å². The zero-order valence-corrected chi connectivity index (χ0v) is 9.88. The van der Waals surface area contributed by atoms with Gasteiger partial charge in [-0.2, -0.15) is 13.2 Å². The van der Waals surface area contributed by atoms with Crippen LogP contribution in [-0.2, 0) is 0 Å². The third-order valence-corrected chi connectivity index (χ3v) is 2.91. The van der Waals surface area contributed by atoms with E-state index in [-0.39, 0.29) is 16.3 Å². The molecule has 8 heteroatoms. The van der Waals surface area contributed by atoms with Gasteiger partial charge in [-0.3, -0.25) is 4.79 Å². The Kier molecular flexibility index (Phi) is 4.07. The Morgan fingerprint density at radius 1 is 1.53 bits per heavy atom. The van der Waals surface area contributed by atoms with Crippen molar-refractivity contribution in [3.63, 3.8) is 0 Å². The van der Waals surface area contributed by atoms with E-state index >= 15 is 0 Å². The lowest BCUT2D eigenvalue weighted by molar-refractivity contribution is -0.117. The van der Waals surface area contributed by atoms with Gasteiger partial charge in [-0.25, -0.2) is 8.78 Å². The van der Waals surface area contributed by atoms with Crippen molar-refractivity contribution >= 4 is 22.3 Å². The highest BCUT2D eigenvalue weighted by Crippen LogP contribution is 2.28. The highest BCUT2D eigenvalue weighted by Gasteiger charge is 2.40. The summed E-state index contributed by atoms with van der Waals surface area (Å²) in [7, 11) is 0. The van der Waals surface area contributed by atoms with Crippen LogP contribution in [0.2, 0.25) is 0 Å². The van der Waals surface area contributed by atoms with E-state index < -0.39 is 18.9 Å². The molecule has 0 fully saturated rings. The van der Waals surface area contributed by atoms with Crippen LogP contribution in [0.5, 0.6) is 0 Å². The second-order valence-corrected chi connectivity index (χ2v) is 4.22. The zero-order valence-electron chi connectivity index (χ0n) is 9.06. The number of aromatic nitrogens is 1. The van der Waals surface area contributed by atoms with Crippen molar-refractivity contribution < 1.29 is 22.4 Å². The van der Waals surface area contributed by atoms with Gasteiger partial charge in [0.25, 0.3) is 0 Å². The monoisotopic (exact) mass is 270 g/mol. The van der Waals surface area contributed by atoms with Gasteiger partial charge in [-0.15, -0.1) is 0 Å². The van der Waals surface area contributed by atoms with Crippen LogP contribution in [0.25, 0.3) is 0 Å². The Morgan fingerprint density at radius 3 is 2.59 bits per heavy atom. The molecule has 0 saturated carbocycles.